The van der Waals surface area contributed by atoms with E-state index in [2.05, 4.69) is 6.92 Å². The summed E-state index contributed by atoms with van der Waals surface area (Å²) in [7, 11) is 0. The van der Waals surface area contributed by atoms with Gasteiger partial charge < -0.3 is 9.84 Å². The molecule has 9 heavy (non-hydrogen) atoms. The van der Waals surface area contributed by atoms with Crippen LogP contribution in [0.2, 0.25) is 0 Å². The maximum absolute atomic E-state index is 8.53. The number of aliphatic hydroxyl groups is 1. The fourth-order valence-corrected chi connectivity index (χ4v) is 1.24. The van der Waals surface area contributed by atoms with E-state index in [9.17, 15) is 0 Å². The van der Waals surface area contributed by atoms with Crippen molar-refractivity contribution in [3.05, 3.63) is 0 Å². The van der Waals surface area contributed by atoms with Crippen molar-refractivity contribution in [2.45, 2.75) is 38.4 Å². The Morgan fingerprint density at radius 1 is 1.56 bits per heavy atom. The summed E-state index contributed by atoms with van der Waals surface area (Å²) in [6.45, 7) is 2.34. The normalized spacial score (nSPS) is 35.3. The minimum Gasteiger partial charge on any atom is -0.396 e. The highest BCUT2D eigenvalue weighted by atomic mass is 16.5. The zero-order valence-corrected chi connectivity index (χ0v) is 5.84. The van der Waals surface area contributed by atoms with Crippen molar-refractivity contribution in [3.63, 3.8) is 0 Å². The summed E-state index contributed by atoms with van der Waals surface area (Å²) in [4.78, 5) is 0. The molecule has 0 aromatic rings. The van der Waals surface area contributed by atoms with Crippen LogP contribution < -0.4 is 0 Å². The molecule has 54 valence electrons. The lowest BCUT2D eigenvalue weighted by Crippen LogP contribution is -2.09. The van der Waals surface area contributed by atoms with E-state index >= 15 is 0 Å². The summed E-state index contributed by atoms with van der Waals surface area (Å²) in [6.07, 6.45) is 3.85. The lowest BCUT2D eigenvalue weighted by atomic mass is 10.2. The Morgan fingerprint density at radius 3 is 2.78 bits per heavy atom. The van der Waals surface area contributed by atoms with Crippen molar-refractivity contribution in [2.75, 3.05) is 6.61 Å². The average molecular weight is 130 g/mol. The van der Waals surface area contributed by atoms with Gasteiger partial charge in [-0.15, -0.1) is 0 Å². The van der Waals surface area contributed by atoms with Gasteiger partial charge in [0.25, 0.3) is 0 Å². The summed E-state index contributed by atoms with van der Waals surface area (Å²) < 4.78 is 5.44. The molecular formula is C7H14O2. The monoisotopic (exact) mass is 130 g/mol. The molecule has 0 spiro atoms. The Balaban J connectivity index is 2.14. The lowest BCUT2D eigenvalue weighted by molar-refractivity contribution is 0.0405. The van der Waals surface area contributed by atoms with Crippen LogP contribution in [-0.2, 0) is 4.74 Å². The summed E-state index contributed by atoms with van der Waals surface area (Å²) in [5, 5.41) is 8.53. The van der Waals surface area contributed by atoms with Crippen LogP contribution in [0.15, 0.2) is 0 Å². The zero-order valence-electron chi connectivity index (χ0n) is 5.84. The number of ether oxygens (including phenoxy) is 1. The van der Waals surface area contributed by atoms with Crippen molar-refractivity contribution >= 4 is 0 Å². The van der Waals surface area contributed by atoms with E-state index in [1.54, 1.807) is 0 Å². The molecule has 0 saturated carbocycles. The first-order chi connectivity index (χ1) is 4.33. The average Bonchev–Trinajstić information content (AvgIpc) is 2.17. The minimum atomic E-state index is 0.261. The molecule has 2 unspecified atom stereocenters. The molecule has 1 N–H and O–H groups in total. The molecular weight excluding hydrogens is 116 g/mol. The number of hydrogen-bond acceptors (Lipinski definition) is 2. The minimum absolute atomic E-state index is 0.261. The van der Waals surface area contributed by atoms with Gasteiger partial charge in [-0.2, -0.15) is 0 Å². The molecule has 0 aromatic heterocycles. The zero-order chi connectivity index (χ0) is 6.69. The molecule has 1 heterocycles. The highest BCUT2D eigenvalue weighted by Gasteiger charge is 2.20. The van der Waals surface area contributed by atoms with Gasteiger partial charge in [0.15, 0.2) is 0 Å². The highest BCUT2D eigenvalue weighted by Crippen LogP contribution is 2.20. The molecule has 1 aliphatic rings. The van der Waals surface area contributed by atoms with Gasteiger partial charge in [0.05, 0.1) is 12.2 Å². The van der Waals surface area contributed by atoms with Crippen LogP contribution in [0.5, 0.6) is 0 Å². The van der Waals surface area contributed by atoms with Gasteiger partial charge in [-0.1, -0.05) is 0 Å². The molecule has 1 aliphatic heterocycles. The van der Waals surface area contributed by atoms with Crippen molar-refractivity contribution in [1.82, 2.24) is 0 Å². The van der Waals surface area contributed by atoms with Crippen LogP contribution in [0.1, 0.15) is 26.2 Å². The number of aliphatic hydroxyl groups excluding tert-OH is 1. The van der Waals surface area contributed by atoms with Crippen LogP contribution in [-0.4, -0.2) is 23.9 Å². The van der Waals surface area contributed by atoms with Gasteiger partial charge in [0, 0.05) is 6.61 Å². The third-order valence-electron chi connectivity index (χ3n) is 1.77. The van der Waals surface area contributed by atoms with E-state index in [0.29, 0.717) is 12.2 Å². The van der Waals surface area contributed by atoms with Gasteiger partial charge >= 0.3 is 0 Å². The Morgan fingerprint density at radius 2 is 2.33 bits per heavy atom. The van der Waals surface area contributed by atoms with E-state index in [-0.39, 0.29) is 6.61 Å². The predicted octanol–water partition coefficient (Wildman–Crippen LogP) is 0.936. The smallest absolute Gasteiger partial charge is 0.0601 e. The van der Waals surface area contributed by atoms with Gasteiger partial charge in [0.1, 0.15) is 0 Å². The molecule has 0 amide bonds. The lowest BCUT2D eigenvalue weighted by Gasteiger charge is -2.07. The highest BCUT2D eigenvalue weighted by molar-refractivity contribution is 4.69. The molecule has 0 radical (unpaired) electrons. The largest absolute Gasteiger partial charge is 0.396 e. The van der Waals surface area contributed by atoms with Crippen molar-refractivity contribution in [1.29, 1.82) is 0 Å². The molecule has 0 aromatic carbocycles. The van der Waals surface area contributed by atoms with E-state index in [1.807, 2.05) is 0 Å². The maximum Gasteiger partial charge on any atom is 0.0601 e. The van der Waals surface area contributed by atoms with Gasteiger partial charge in [0.2, 0.25) is 0 Å². The van der Waals surface area contributed by atoms with Crippen LogP contribution in [0.25, 0.3) is 0 Å². The van der Waals surface area contributed by atoms with Crippen molar-refractivity contribution in [2.24, 2.45) is 0 Å². The molecule has 1 fully saturated rings. The standard InChI is InChI=1S/C7H14O2/c1-6-2-3-7(9-6)4-5-8/h6-8H,2-5H2,1H3. The van der Waals surface area contributed by atoms with Crippen LogP contribution in [0, 0.1) is 0 Å². The maximum atomic E-state index is 8.53. The third kappa shape index (κ3) is 1.95. The number of rotatable bonds is 2. The SMILES string of the molecule is CC1CCC(CCO)O1. The molecule has 2 atom stereocenters. The topological polar surface area (TPSA) is 29.5 Å². The first-order valence-corrected chi connectivity index (χ1v) is 3.59. The fourth-order valence-electron chi connectivity index (χ4n) is 1.24. The number of hydrogen-bond donors (Lipinski definition) is 1. The molecule has 0 bridgehead atoms. The fraction of sp³-hybridized carbons (Fsp3) is 1.00. The Bertz CT molecular complexity index is 81.0. The van der Waals surface area contributed by atoms with Crippen LogP contribution in [0.4, 0.5) is 0 Å². The second-order valence-electron chi connectivity index (χ2n) is 2.66. The van der Waals surface area contributed by atoms with Crippen molar-refractivity contribution < 1.29 is 9.84 Å². The Kier molecular flexibility index (Phi) is 2.49. The molecule has 1 rings (SSSR count). The quantitative estimate of drug-likeness (QED) is 0.602. The Labute approximate surface area is 55.8 Å². The van der Waals surface area contributed by atoms with Crippen molar-refractivity contribution in [3.8, 4) is 0 Å². The van der Waals surface area contributed by atoms with Gasteiger partial charge in [-0.25, -0.2) is 0 Å². The molecule has 2 heteroatoms. The predicted molar refractivity (Wildman–Crippen MR) is 35.3 cm³/mol. The first kappa shape index (κ1) is 7.03. The summed E-state index contributed by atoms with van der Waals surface area (Å²) in [5.74, 6) is 0. The van der Waals surface area contributed by atoms with E-state index < -0.39 is 0 Å². The Hall–Kier alpha value is -0.0800. The van der Waals surface area contributed by atoms with E-state index in [4.69, 9.17) is 9.84 Å². The third-order valence-corrected chi connectivity index (χ3v) is 1.77. The second kappa shape index (κ2) is 3.18. The van der Waals surface area contributed by atoms with Gasteiger partial charge in [-0.3, -0.25) is 0 Å². The molecule has 1 saturated heterocycles. The first-order valence-electron chi connectivity index (χ1n) is 3.59. The summed E-state index contributed by atoms with van der Waals surface area (Å²) in [6, 6.07) is 0. The molecule has 0 aliphatic carbocycles. The van der Waals surface area contributed by atoms with E-state index in [0.717, 1.165) is 19.3 Å². The van der Waals surface area contributed by atoms with E-state index in [1.165, 1.54) is 0 Å². The summed E-state index contributed by atoms with van der Waals surface area (Å²) >= 11 is 0. The molecule has 2 nitrogen and oxygen atoms in total. The summed E-state index contributed by atoms with van der Waals surface area (Å²) in [5.41, 5.74) is 0. The van der Waals surface area contributed by atoms with Crippen LogP contribution >= 0.6 is 0 Å². The van der Waals surface area contributed by atoms with Gasteiger partial charge in [-0.05, 0) is 26.2 Å². The second-order valence-corrected chi connectivity index (χ2v) is 2.66. The van der Waals surface area contributed by atoms with Crippen LogP contribution in [0.3, 0.4) is 0 Å².